The standard InChI is InChI=1S/C18H22N2O4S2/c1-5-24-16-11-8-14(12-17(16)26(22,23)20(2)3)19-18(21)13-6-9-15(25-4)10-7-13/h6-12H,5H2,1-4H3,(H,19,21). The molecule has 0 aromatic heterocycles. The molecule has 0 saturated carbocycles. The SMILES string of the molecule is CCOc1ccc(NC(=O)c2ccc(SC)cc2)cc1S(=O)(=O)N(C)C. The summed E-state index contributed by atoms with van der Waals surface area (Å²) in [5.74, 6) is -0.0569. The predicted molar refractivity (Wildman–Crippen MR) is 105 cm³/mol. The van der Waals surface area contributed by atoms with Gasteiger partial charge in [0.05, 0.1) is 6.61 Å². The molecule has 0 heterocycles. The van der Waals surface area contributed by atoms with Crippen molar-refractivity contribution < 1.29 is 17.9 Å². The van der Waals surface area contributed by atoms with E-state index in [1.165, 1.54) is 20.2 Å². The van der Waals surface area contributed by atoms with E-state index in [1.54, 1.807) is 43.0 Å². The molecule has 2 aromatic carbocycles. The Morgan fingerprint density at radius 2 is 1.81 bits per heavy atom. The van der Waals surface area contributed by atoms with Crippen LogP contribution in [0, 0.1) is 0 Å². The first-order valence-electron chi connectivity index (χ1n) is 7.94. The Morgan fingerprint density at radius 1 is 1.15 bits per heavy atom. The van der Waals surface area contributed by atoms with Gasteiger partial charge in [-0.3, -0.25) is 4.79 Å². The monoisotopic (exact) mass is 394 g/mol. The number of thioether (sulfide) groups is 1. The van der Waals surface area contributed by atoms with Crippen molar-refractivity contribution in [2.45, 2.75) is 16.7 Å². The number of hydrogen-bond acceptors (Lipinski definition) is 5. The van der Waals surface area contributed by atoms with Crippen LogP contribution < -0.4 is 10.1 Å². The molecule has 140 valence electrons. The maximum atomic E-state index is 12.5. The van der Waals surface area contributed by atoms with Crippen molar-refractivity contribution in [3.05, 3.63) is 48.0 Å². The topological polar surface area (TPSA) is 75.7 Å². The molecule has 2 aromatic rings. The number of hydrogen-bond donors (Lipinski definition) is 1. The summed E-state index contributed by atoms with van der Waals surface area (Å²) in [5.41, 5.74) is 0.876. The molecule has 2 rings (SSSR count). The molecule has 0 fully saturated rings. The lowest BCUT2D eigenvalue weighted by molar-refractivity contribution is 0.102. The maximum Gasteiger partial charge on any atom is 0.255 e. The van der Waals surface area contributed by atoms with Crippen molar-refractivity contribution in [1.29, 1.82) is 0 Å². The number of carbonyl (C=O) groups excluding carboxylic acids is 1. The Balaban J connectivity index is 2.33. The Morgan fingerprint density at radius 3 is 2.35 bits per heavy atom. The fourth-order valence-electron chi connectivity index (χ4n) is 2.20. The summed E-state index contributed by atoms with van der Waals surface area (Å²) < 4.78 is 31.6. The lowest BCUT2D eigenvalue weighted by Crippen LogP contribution is -2.23. The van der Waals surface area contributed by atoms with E-state index in [1.807, 2.05) is 18.4 Å². The highest BCUT2D eigenvalue weighted by molar-refractivity contribution is 7.98. The number of amides is 1. The highest BCUT2D eigenvalue weighted by Gasteiger charge is 2.23. The van der Waals surface area contributed by atoms with Crippen molar-refractivity contribution in [2.24, 2.45) is 0 Å². The van der Waals surface area contributed by atoms with Crippen molar-refractivity contribution in [2.75, 3.05) is 32.3 Å². The molecule has 6 nitrogen and oxygen atoms in total. The number of nitrogens with zero attached hydrogens (tertiary/aromatic N) is 1. The second kappa shape index (κ2) is 8.57. The fourth-order valence-corrected chi connectivity index (χ4v) is 3.66. The summed E-state index contributed by atoms with van der Waals surface area (Å²) >= 11 is 1.59. The summed E-state index contributed by atoms with van der Waals surface area (Å²) in [6.45, 7) is 2.11. The molecule has 0 aliphatic rings. The molecule has 1 amide bonds. The average molecular weight is 395 g/mol. The third-order valence-electron chi connectivity index (χ3n) is 3.61. The van der Waals surface area contributed by atoms with Crippen LogP contribution in [0.15, 0.2) is 52.3 Å². The molecule has 1 N–H and O–H groups in total. The van der Waals surface area contributed by atoms with E-state index in [2.05, 4.69) is 5.32 Å². The zero-order valence-corrected chi connectivity index (χ0v) is 16.8. The molecule has 0 radical (unpaired) electrons. The predicted octanol–water partition coefficient (Wildman–Crippen LogP) is 3.31. The maximum absolute atomic E-state index is 12.5. The van der Waals surface area contributed by atoms with Gasteiger partial charge < -0.3 is 10.1 Å². The number of ether oxygens (including phenoxy) is 1. The van der Waals surface area contributed by atoms with Gasteiger partial charge in [-0.2, -0.15) is 0 Å². The molecule has 0 aliphatic carbocycles. The Bertz CT molecular complexity index is 879. The minimum Gasteiger partial charge on any atom is -0.492 e. The molecule has 26 heavy (non-hydrogen) atoms. The lowest BCUT2D eigenvalue weighted by atomic mass is 10.2. The zero-order chi connectivity index (χ0) is 19.3. The first kappa shape index (κ1) is 20.3. The third-order valence-corrected chi connectivity index (χ3v) is 6.19. The lowest BCUT2D eigenvalue weighted by Gasteiger charge is -2.16. The van der Waals surface area contributed by atoms with Crippen LogP contribution in [0.2, 0.25) is 0 Å². The normalized spacial score (nSPS) is 11.4. The molecule has 8 heteroatoms. The van der Waals surface area contributed by atoms with Gasteiger partial charge in [-0.15, -0.1) is 11.8 Å². The third kappa shape index (κ3) is 4.57. The van der Waals surface area contributed by atoms with E-state index in [9.17, 15) is 13.2 Å². The Hall–Kier alpha value is -2.03. The summed E-state index contributed by atoms with van der Waals surface area (Å²) in [7, 11) is -0.811. The van der Waals surface area contributed by atoms with Crippen molar-refractivity contribution in [3.63, 3.8) is 0 Å². The van der Waals surface area contributed by atoms with Gasteiger partial charge in [-0.25, -0.2) is 12.7 Å². The average Bonchev–Trinajstić information content (AvgIpc) is 2.63. The van der Waals surface area contributed by atoms with Gasteiger partial charge in [-0.05, 0) is 55.6 Å². The quantitative estimate of drug-likeness (QED) is 0.729. The van der Waals surface area contributed by atoms with Crippen LogP contribution in [-0.4, -0.2) is 45.6 Å². The van der Waals surface area contributed by atoms with Crippen molar-refractivity contribution >= 4 is 33.4 Å². The summed E-state index contributed by atoms with van der Waals surface area (Å²) in [4.78, 5) is 13.5. The smallest absolute Gasteiger partial charge is 0.255 e. The molecular formula is C18H22N2O4S2. The second-order valence-electron chi connectivity index (χ2n) is 5.56. The number of rotatable bonds is 7. The van der Waals surface area contributed by atoms with Crippen LogP contribution in [0.1, 0.15) is 17.3 Å². The second-order valence-corrected chi connectivity index (χ2v) is 8.56. The van der Waals surface area contributed by atoms with Gasteiger partial charge in [0.2, 0.25) is 10.0 Å². The zero-order valence-electron chi connectivity index (χ0n) is 15.1. The van der Waals surface area contributed by atoms with Crippen LogP contribution in [0.4, 0.5) is 5.69 Å². The number of sulfonamides is 1. The van der Waals surface area contributed by atoms with Crippen LogP contribution in [0.25, 0.3) is 0 Å². The molecule has 0 atom stereocenters. The van der Waals surface area contributed by atoms with Crippen molar-refractivity contribution in [3.8, 4) is 5.75 Å². The molecule has 0 saturated heterocycles. The van der Waals surface area contributed by atoms with E-state index in [0.717, 1.165) is 9.20 Å². The summed E-state index contributed by atoms with van der Waals surface area (Å²) in [6.07, 6.45) is 1.96. The molecular weight excluding hydrogens is 372 g/mol. The van der Waals surface area contributed by atoms with E-state index in [0.29, 0.717) is 17.9 Å². The first-order valence-corrected chi connectivity index (χ1v) is 10.6. The minimum atomic E-state index is -3.71. The van der Waals surface area contributed by atoms with E-state index in [-0.39, 0.29) is 16.6 Å². The summed E-state index contributed by atoms with van der Waals surface area (Å²) in [6, 6.07) is 11.8. The van der Waals surface area contributed by atoms with Crippen molar-refractivity contribution in [1.82, 2.24) is 4.31 Å². The van der Waals surface area contributed by atoms with Gasteiger partial charge in [0, 0.05) is 30.2 Å². The minimum absolute atomic E-state index is 0.0138. The Kier molecular flexibility index (Phi) is 6.69. The van der Waals surface area contributed by atoms with Crippen LogP contribution in [0.5, 0.6) is 5.75 Å². The van der Waals surface area contributed by atoms with Gasteiger partial charge in [0.15, 0.2) is 0 Å². The highest BCUT2D eigenvalue weighted by Crippen LogP contribution is 2.29. The highest BCUT2D eigenvalue weighted by atomic mass is 32.2. The van der Waals surface area contributed by atoms with Crippen LogP contribution >= 0.6 is 11.8 Å². The van der Waals surface area contributed by atoms with E-state index < -0.39 is 10.0 Å². The van der Waals surface area contributed by atoms with Crippen LogP contribution in [-0.2, 0) is 10.0 Å². The number of anilines is 1. The molecule has 0 bridgehead atoms. The Labute approximate surface area is 158 Å². The van der Waals surface area contributed by atoms with Gasteiger partial charge in [0.25, 0.3) is 5.91 Å². The van der Waals surface area contributed by atoms with E-state index in [4.69, 9.17) is 4.74 Å². The van der Waals surface area contributed by atoms with Crippen LogP contribution in [0.3, 0.4) is 0 Å². The molecule has 0 aliphatic heterocycles. The fraction of sp³-hybridized carbons (Fsp3) is 0.278. The van der Waals surface area contributed by atoms with E-state index >= 15 is 0 Å². The van der Waals surface area contributed by atoms with Gasteiger partial charge >= 0.3 is 0 Å². The number of nitrogens with one attached hydrogen (secondary N) is 1. The molecule has 0 unspecified atom stereocenters. The molecule has 0 spiro atoms. The number of carbonyl (C=O) groups is 1. The number of benzene rings is 2. The summed E-state index contributed by atoms with van der Waals surface area (Å²) in [5, 5.41) is 2.73. The van der Waals surface area contributed by atoms with Gasteiger partial charge in [0.1, 0.15) is 10.6 Å². The van der Waals surface area contributed by atoms with Gasteiger partial charge in [-0.1, -0.05) is 0 Å². The largest absolute Gasteiger partial charge is 0.492 e. The first-order chi connectivity index (χ1) is 12.3.